The Labute approximate surface area is 115 Å². The van der Waals surface area contributed by atoms with Crippen molar-refractivity contribution in [2.24, 2.45) is 0 Å². The van der Waals surface area contributed by atoms with Crippen LogP contribution in [0.25, 0.3) is 0 Å². The van der Waals surface area contributed by atoms with Crippen LogP contribution in [0.15, 0.2) is 97.4 Å². The SMILES string of the molecule is C=C/C([B]/C(C=C)=C/C=C(/O)C=C)=C\C=C(\O)C=C. The lowest BCUT2D eigenvalue weighted by Gasteiger charge is -2.00. The molecule has 0 saturated carbocycles. The molecule has 0 amide bonds. The van der Waals surface area contributed by atoms with Gasteiger partial charge in [0.25, 0.3) is 0 Å². The van der Waals surface area contributed by atoms with Crippen molar-refractivity contribution in [3.8, 4) is 0 Å². The Balaban J connectivity index is 5.03. The van der Waals surface area contributed by atoms with E-state index in [-0.39, 0.29) is 11.5 Å². The molecule has 0 heterocycles. The van der Waals surface area contributed by atoms with Gasteiger partial charge in [0.2, 0.25) is 0 Å². The minimum Gasteiger partial charge on any atom is -0.508 e. The fourth-order valence-corrected chi connectivity index (χ4v) is 1.04. The second kappa shape index (κ2) is 9.60. The quantitative estimate of drug-likeness (QED) is 0.388. The van der Waals surface area contributed by atoms with Crippen LogP contribution in [0, 0.1) is 0 Å². The van der Waals surface area contributed by atoms with E-state index in [0.29, 0.717) is 0 Å². The molecule has 3 heteroatoms. The second-order valence-corrected chi connectivity index (χ2v) is 3.48. The number of hydrogen-bond acceptors (Lipinski definition) is 2. The van der Waals surface area contributed by atoms with Gasteiger partial charge in [0.1, 0.15) is 11.5 Å². The number of allylic oxidation sites excluding steroid dienone is 10. The number of aliphatic hydroxyl groups excluding tert-OH is 2. The third-order valence-electron chi connectivity index (χ3n) is 2.12. The minimum absolute atomic E-state index is 0.0704. The lowest BCUT2D eigenvalue weighted by Crippen LogP contribution is -1.97. The Morgan fingerprint density at radius 3 is 1.26 bits per heavy atom. The van der Waals surface area contributed by atoms with Crippen molar-refractivity contribution < 1.29 is 10.2 Å². The molecular formula is C16H18BO2. The summed E-state index contributed by atoms with van der Waals surface area (Å²) >= 11 is 0. The average molecular weight is 253 g/mol. The molecule has 0 unspecified atom stereocenters. The van der Waals surface area contributed by atoms with Crippen molar-refractivity contribution in [2.45, 2.75) is 0 Å². The van der Waals surface area contributed by atoms with Crippen LogP contribution >= 0.6 is 0 Å². The maximum absolute atomic E-state index is 9.26. The summed E-state index contributed by atoms with van der Waals surface area (Å²) in [4.78, 5) is 0. The summed E-state index contributed by atoms with van der Waals surface area (Å²) in [7, 11) is 1.81. The van der Waals surface area contributed by atoms with Crippen molar-refractivity contribution >= 4 is 7.28 Å². The second-order valence-electron chi connectivity index (χ2n) is 3.48. The maximum Gasteiger partial charge on any atom is 0.191 e. The van der Waals surface area contributed by atoms with Gasteiger partial charge in [-0.15, -0.1) is 0 Å². The van der Waals surface area contributed by atoms with E-state index in [1.165, 1.54) is 24.3 Å². The summed E-state index contributed by atoms with van der Waals surface area (Å²) in [5.74, 6) is 0.141. The van der Waals surface area contributed by atoms with Crippen molar-refractivity contribution in [1.29, 1.82) is 0 Å². The van der Waals surface area contributed by atoms with Crippen molar-refractivity contribution in [2.75, 3.05) is 0 Å². The molecule has 97 valence electrons. The van der Waals surface area contributed by atoms with E-state index < -0.39 is 0 Å². The summed E-state index contributed by atoms with van der Waals surface area (Å²) in [6.07, 6.45) is 12.4. The van der Waals surface area contributed by atoms with Crippen LogP contribution < -0.4 is 0 Å². The largest absolute Gasteiger partial charge is 0.508 e. The molecule has 0 rings (SSSR count). The van der Waals surface area contributed by atoms with Gasteiger partial charge < -0.3 is 10.2 Å². The summed E-state index contributed by atoms with van der Waals surface area (Å²) in [5.41, 5.74) is 1.57. The Bertz CT molecular complexity index is 433. The fraction of sp³-hybridized carbons (Fsp3) is 0. The first kappa shape index (κ1) is 16.6. The van der Waals surface area contributed by atoms with Crippen molar-refractivity contribution in [3.63, 3.8) is 0 Å². The number of aliphatic hydroxyl groups is 2. The zero-order valence-electron chi connectivity index (χ0n) is 10.9. The van der Waals surface area contributed by atoms with E-state index in [1.807, 2.05) is 0 Å². The maximum atomic E-state index is 9.26. The zero-order valence-corrected chi connectivity index (χ0v) is 10.9. The van der Waals surface area contributed by atoms with Gasteiger partial charge in [0.05, 0.1) is 0 Å². The summed E-state index contributed by atoms with van der Waals surface area (Å²) < 4.78 is 0. The number of hydrogen-bond donors (Lipinski definition) is 2. The highest BCUT2D eigenvalue weighted by molar-refractivity contribution is 6.55. The average Bonchev–Trinajstić information content (AvgIpc) is 2.45. The normalized spacial score (nSPS) is 13.7. The molecule has 1 radical (unpaired) electrons. The topological polar surface area (TPSA) is 40.5 Å². The van der Waals surface area contributed by atoms with Crippen molar-refractivity contribution in [3.05, 3.63) is 97.4 Å². The molecule has 0 aromatic rings. The molecule has 2 N–H and O–H groups in total. The molecule has 0 fully saturated rings. The van der Waals surface area contributed by atoms with E-state index in [2.05, 4.69) is 26.3 Å². The molecule has 0 aromatic carbocycles. The standard InChI is InChI=1S/C16H18BO2/c1-5-13(9-11-15(18)7-3)17-14(6-2)10-12-16(19)8-4/h5-12,18-19H,1-4H2/b13-9+,14-10+,15-11+,16-12+. The lowest BCUT2D eigenvalue weighted by atomic mass is 9.62. The first-order valence-corrected chi connectivity index (χ1v) is 5.63. The molecule has 0 aliphatic carbocycles. The van der Waals surface area contributed by atoms with E-state index in [4.69, 9.17) is 0 Å². The van der Waals surface area contributed by atoms with Gasteiger partial charge in [-0.3, -0.25) is 0 Å². The van der Waals surface area contributed by atoms with E-state index in [1.54, 1.807) is 31.6 Å². The Hall–Kier alpha value is -2.42. The zero-order chi connectivity index (χ0) is 14.7. The van der Waals surface area contributed by atoms with Gasteiger partial charge in [-0.1, -0.05) is 61.6 Å². The summed E-state index contributed by atoms with van der Waals surface area (Å²) in [6, 6.07) is 0. The lowest BCUT2D eigenvalue weighted by molar-refractivity contribution is 0.432. The molecule has 0 spiro atoms. The monoisotopic (exact) mass is 253 g/mol. The molecule has 0 bridgehead atoms. The highest BCUT2D eigenvalue weighted by atomic mass is 16.3. The highest BCUT2D eigenvalue weighted by Gasteiger charge is 1.98. The van der Waals surface area contributed by atoms with Crippen molar-refractivity contribution in [1.82, 2.24) is 0 Å². The smallest absolute Gasteiger partial charge is 0.191 e. The van der Waals surface area contributed by atoms with Crippen LogP contribution in [0.4, 0.5) is 0 Å². The van der Waals surface area contributed by atoms with Crippen LogP contribution in [0.3, 0.4) is 0 Å². The van der Waals surface area contributed by atoms with Crippen LogP contribution in [-0.4, -0.2) is 17.5 Å². The van der Waals surface area contributed by atoms with Gasteiger partial charge >= 0.3 is 0 Å². The molecular weight excluding hydrogens is 235 g/mol. The third kappa shape index (κ3) is 7.50. The minimum atomic E-state index is 0.0704. The predicted octanol–water partition coefficient (Wildman–Crippen LogP) is 4.09. The summed E-state index contributed by atoms with van der Waals surface area (Å²) in [5, 5.41) is 18.5. The molecule has 0 aliphatic heterocycles. The van der Waals surface area contributed by atoms with Gasteiger partial charge in [-0.05, 0) is 24.3 Å². The first-order valence-electron chi connectivity index (χ1n) is 5.63. The third-order valence-corrected chi connectivity index (χ3v) is 2.12. The molecule has 2 nitrogen and oxygen atoms in total. The molecule has 0 aliphatic rings. The molecule has 0 atom stereocenters. The van der Waals surface area contributed by atoms with Crippen LogP contribution in [-0.2, 0) is 0 Å². The highest BCUT2D eigenvalue weighted by Crippen LogP contribution is 2.05. The van der Waals surface area contributed by atoms with Gasteiger partial charge in [0.15, 0.2) is 7.28 Å². The molecule has 19 heavy (non-hydrogen) atoms. The van der Waals surface area contributed by atoms with Crippen LogP contribution in [0.5, 0.6) is 0 Å². The van der Waals surface area contributed by atoms with Crippen LogP contribution in [0.1, 0.15) is 0 Å². The van der Waals surface area contributed by atoms with Gasteiger partial charge in [-0.25, -0.2) is 0 Å². The fourth-order valence-electron chi connectivity index (χ4n) is 1.04. The molecule has 0 saturated heterocycles. The van der Waals surface area contributed by atoms with E-state index in [0.717, 1.165) is 10.9 Å². The Morgan fingerprint density at radius 1 is 0.632 bits per heavy atom. The Kier molecular flexibility index (Phi) is 8.38. The van der Waals surface area contributed by atoms with Gasteiger partial charge in [0, 0.05) is 0 Å². The first-order chi connectivity index (χ1) is 9.07. The summed E-state index contributed by atoms with van der Waals surface area (Å²) in [6.45, 7) is 14.3. The van der Waals surface area contributed by atoms with E-state index in [9.17, 15) is 10.2 Å². The number of rotatable bonds is 8. The van der Waals surface area contributed by atoms with E-state index >= 15 is 0 Å². The van der Waals surface area contributed by atoms with Gasteiger partial charge in [-0.2, -0.15) is 0 Å². The predicted molar refractivity (Wildman–Crippen MR) is 84.1 cm³/mol. The van der Waals surface area contributed by atoms with Crippen LogP contribution in [0.2, 0.25) is 0 Å². The Morgan fingerprint density at radius 2 is 1.00 bits per heavy atom. The molecule has 0 aromatic heterocycles.